The number of hydrogen-bond acceptors (Lipinski definition) is 6. The fourth-order valence-electron chi connectivity index (χ4n) is 3.01. The summed E-state index contributed by atoms with van der Waals surface area (Å²) in [6.07, 6.45) is 1.13. The zero-order chi connectivity index (χ0) is 23.6. The van der Waals surface area contributed by atoms with E-state index in [2.05, 4.69) is 0 Å². The van der Waals surface area contributed by atoms with Crippen LogP contribution in [0, 0.1) is 17.1 Å². The van der Waals surface area contributed by atoms with Crippen molar-refractivity contribution in [1.82, 2.24) is 4.90 Å². The van der Waals surface area contributed by atoms with Gasteiger partial charge in [-0.2, -0.15) is 5.26 Å². The molecule has 2 rings (SSSR count). The van der Waals surface area contributed by atoms with Crippen molar-refractivity contribution in [2.75, 3.05) is 20.6 Å². The molecule has 166 valence electrons. The summed E-state index contributed by atoms with van der Waals surface area (Å²) in [6.45, 7) is 0.496. The number of aliphatic hydroxyl groups excluding tert-OH is 1. The third-order valence-electron chi connectivity index (χ3n) is 4.50. The maximum Gasteiger partial charge on any atom is 0.414 e. The number of nitriles is 1. The molecule has 2 aromatic rings. The Hall–Kier alpha value is -3.32. The van der Waals surface area contributed by atoms with Crippen LogP contribution in [0.15, 0.2) is 42.5 Å². The van der Waals surface area contributed by atoms with Crippen molar-refractivity contribution < 1.29 is 34.4 Å². The summed E-state index contributed by atoms with van der Waals surface area (Å²) in [5.74, 6) is -4.02. The molecule has 0 aliphatic carbocycles. The lowest BCUT2D eigenvalue weighted by molar-refractivity contribution is -0.159. The average Bonchev–Trinajstić information content (AvgIpc) is 2.73. The second-order valence-electron chi connectivity index (χ2n) is 7.03. The molecule has 9 heteroatoms. The summed E-state index contributed by atoms with van der Waals surface area (Å²) in [5, 5.41) is 45.1. The quantitative estimate of drug-likeness (QED) is 0.486. The van der Waals surface area contributed by atoms with Crippen molar-refractivity contribution in [2.45, 2.75) is 25.0 Å². The molecule has 31 heavy (non-hydrogen) atoms. The molecule has 0 radical (unpaired) electrons. The van der Waals surface area contributed by atoms with Crippen molar-refractivity contribution >= 4 is 11.9 Å². The topological polar surface area (TPSA) is 142 Å². The second-order valence-corrected chi connectivity index (χ2v) is 7.03. The molecule has 1 atom stereocenters. The molecular weight excluding hydrogens is 407 g/mol. The number of halogens is 1. The minimum absolute atomic E-state index is 0.290. The lowest BCUT2D eigenvalue weighted by Gasteiger charge is -2.32. The van der Waals surface area contributed by atoms with E-state index in [1.165, 1.54) is 12.1 Å². The maximum atomic E-state index is 13.3. The van der Waals surface area contributed by atoms with E-state index in [1.54, 1.807) is 30.3 Å². The third-order valence-corrected chi connectivity index (χ3v) is 4.50. The molecule has 4 N–H and O–H groups in total. The van der Waals surface area contributed by atoms with Crippen LogP contribution in [0.3, 0.4) is 0 Å². The van der Waals surface area contributed by atoms with E-state index in [1.807, 2.05) is 25.1 Å². The van der Waals surface area contributed by atoms with Gasteiger partial charge in [0.05, 0.1) is 18.2 Å². The highest BCUT2D eigenvalue weighted by atomic mass is 19.1. The average molecular weight is 432 g/mol. The zero-order valence-corrected chi connectivity index (χ0v) is 17.2. The molecule has 8 nitrogen and oxygen atoms in total. The van der Waals surface area contributed by atoms with Gasteiger partial charge in [-0.15, -0.1) is 0 Å². The Bertz CT molecular complexity index is 928. The highest BCUT2D eigenvalue weighted by molar-refractivity contribution is 6.27. The molecular formula is C22H25FN2O6. The summed E-state index contributed by atoms with van der Waals surface area (Å²) >= 11 is 0. The first-order chi connectivity index (χ1) is 14.5. The van der Waals surface area contributed by atoms with E-state index in [0.29, 0.717) is 35.1 Å². The van der Waals surface area contributed by atoms with Gasteiger partial charge in [-0.3, -0.25) is 0 Å². The lowest BCUT2D eigenvalue weighted by Crippen LogP contribution is -2.30. The summed E-state index contributed by atoms with van der Waals surface area (Å²) in [4.78, 5) is 20.2. The number of carboxylic acids is 2. The van der Waals surface area contributed by atoms with Gasteiger partial charge in [0, 0.05) is 0 Å². The molecule has 0 aromatic heterocycles. The van der Waals surface area contributed by atoms with Crippen molar-refractivity contribution in [3.8, 4) is 6.07 Å². The number of nitrogens with zero attached hydrogens (tertiary/aromatic N) is 2. The van der Waals surface area contributed by atoms with Gasteiger partial charge in [0.1, 0.15) is 11.4 Å². The first-order valence-electron chi connectivity index (χ1n) is 9.29. The monoisotopic (exact) mass is 432 g/mol. The molecule has 0 bridgehead atoms. The number of aliphatic carboxylic acids is 2. The number of aliphatic hydroxyl groups is 2. The molecule has 0 aliphatic heterocycles. The van der Waals surface area contributed by atoms with Gasteiger partial charge in [-0.05, 0) is 74.4 Å². The van der Waals surface area contributed by atoms with E-state index >= 15 is 0 Å². The lowest BCUT2D eigenvalue weighted by atomic mass is 9.80. The standard InChI is InChI=1S/C20H23FN2O2.C2H2O4/c1-23(2)11-3-10-20(25,17-5-7-18(21)8-6-17)19-9-4-15(13-22)12-16(19)14-24;3-1(4)2(5)6/h4-9,12,24-25H,3,10-11,14H2,1-2H3;(H,3,4)(H,5,6)/t20-;/m0./s1. The van der Waals surface area contributed by atoms with Gasteiger partial charge in [0.25, 0.3) is 0 Å². The minimum Gasteiger partial charge on any atom is -0.473 e. The van der Waals surface area contributed by atoms with Gasteiger partial charge in [0.15, 0.2) is 0 Å². The van der Waals surface area contributed by atoms with Crippen LogP contribution in [0.25, 0.3) is 0 Å². The van der Waals surface area contributed by atoms with Crippen molar-refractivity contribution in [3.63, 3.8) is 0 Å². The SMILES string of the molecule is CN(C)CCC[C@](O)(c1ccc(F)cc1)c1ccc(C#N)cc1CO.O=C(O)C(=O)O. The third kappa shape index (κ3) is 7.46. The molecule has 2 aromatic carbocycles. The molecule has 0 aliphatic rings. The van der Waals surface area contributed by atoms with E-state index in [0.717, 1.165) is 6.54 Å². The fraction of sp³-hybridized carbons (Fsp3) is 0.318. The number of benzene rings is 2. The van der Waals surface area contributed by atoms with Gasteiger partial charge in [-0.25, -0.2) is 14.0 Å². The van der Waals surface area contributed by atoms with Gasteiger partial charge in [-0.1, -0.05) is 18.2 Å². The van der Waals surface area contributed by atoms with Gasteiger partial charge in [0.2, 0.25) is 0 Å². The smallest absolute Gasteiger partial charge is 0.414 e. The molecule has 0 heterocycles. The maximum absolute atomic E-state index is 13.3. The van der Waals surface area contributed by atoms with Crippen LogP contribution in [-0.2, 0) is 21.8 Å². The Balaban J connectivity index is 0.000000703. The number of hydrogen-bond donors (Lipinski definition) is 4. The minimum atomic E-state index is -1.82. The summed E-state index contributed by atoms with van der Waals surface area (Å²) in [6, 6.07) is 12.7. The molecule has 0 amide bonds. The predicted octanol–water partition coefficient (Wildman–Crippen LogP) is 1.92. The highest BCUT2D eigenvalue weighted by Gasteiger charge is 2.33. The fourth-order valence-corrected chi connectivity index (χ4v) is 3.01. The van der Waals surface area contributed by atoms with Crippen LogP contribution >= 0.6 is 0 Å². The van der Waals surface area contributed by atoms with E-state index in [-0.39, 0.29) is 12.4 Å². The molecule has 0 spiro atoms. The molecule has 0 unspecified atom stereocenters. The van der Waals surface area contributed by atoms with Gasteiger partial charge >= 0.3 is 11.9 Å². The predicted molar refractivity (Wildman–Crippen MR) is 110 cm³/mol. The van der Waals surface area contributed by atoms with Crippen molar-refractivity contribution in [2.24, 2.45) is 0 Å². The largest absolute Gasteiger partial charge is 0.473 e. The van der Waals surface area contributed by atoms with Gasteiger partial charge < -0.3 is 25.3 Å². The Kier molecular flexibility index (Phi) is 9.76. The Labute approximate surface area is 179 Å². The second kappa shape index (κ2) is 11.8. The number of carbonyl (C=O) groups is 2. The first kappa shape index (κ1) is 25.7. The summed E-state index contributed by atoms with van der Waals surface area (Å²) in [7, 11) is 3.91. The Morgan fingerprint density at radius 1 is 1.10 bits per heavy atom. The van der Waals surface area contributed by atoms with Crippen LogP contribution in [-0.4, -0.2) is 57.9 Å². The van der Waals surface area contributed by atoms with E-state index < -0.39 is 17.5 Å². The molecule has 0 saturated carbocycles. The number of rotatable bonds is 7. The Morgan fingerprint density at radius 2 is 1.68 bits per heavy atom. The summed E-state index contributed by atoms with van der Waals surface area (Å²) in [5.41, 5.74) is 0.653. The van der Waals surface area contributed by atoms with Crippen molar-refractivity contribution in [3.05, 3.63) is 70.5 Å². The summed E-state index contributed by atoms with van der Waals surface area (Å²) < 4.78 is 13.3. The van der Waals surface area contributed by atoms with Crippen LogP contribution in [0.4, 0.5) is 4.39 Å². The number of carboxylic acid groups (broad SMARTS) is 2. The molecule has 0 saturated heterocycles. The highest BCUT2D eigenvalue weighted by Crippen LogP contribution is 2.36. The Morgan fingerprint density at radius 3 is 2.13 bits per heavy atom. The zero-order valence-electron chi connectivity index (χ0n) is 17.2. The van der Waals surface area contributed by atoms with Crippen molar-refractivity contribution in [1.29, 1.82) is 5.26 Å². The normalized spacial score (nSPS) is 12.3. The van der Waals surface area contributed by atoms with Crippen LogP contribution < -0.4 is 0 Å². The van der Waals surface area contributed by atoms with Crippen LogP contribution in [0.2, 0.25) is 0 Å². The van der Waals surface area contributed by atoms with E-state index in [9.17, 15) is 14.6 Å². The van der Waals surface area contributed by atoms with E-state index in [4.69, 9.17) is 25.1 Å². The van der Waals surface area contributed by atoms with Crippen LogP contribution in [0.1, 0.15) is 35.1 Å². The first-order valence-corrected chi connectivity index (χ1v) is 9.29. The molecule has 0 fully saturated rings. The van der Waals surface area contributed by atoms with Crippen LogP contribution in [0.5, 0.6) is 0 Å².